The van der Waals surface area contributed by atoms with Gasteiger partial charge in [0, 0.05) is 25.0 Å². The van der Waals surface area contributed by atoms with Gasteiger partial charge in [0.1, 0.15) is 0 Å². The zero-order valence-electron chi connectivity index (χ0n) is 12.0. The van der Waals surface area contributed by atoms with Crippen molar-refractivity contribution in [2.75, 3.05) is 6.54 Å². The molecule has 0 amide bonds. The Morgan fingerprint density at radius 3 is 2.62 bits per heavy atom. The van der Waals surface area contributed by atoms with Crippen molar-refractivity contribution in [3.8, 4) is 0 Å². The normalized spacial score (nSPS) is 15.0. The molecule has 0 saturated heterocycles. The molecule has 3 aromatic rings. The first-order valence-corrected chi connectivity index (χ1v) is 7.52. The molecule has 1 aliphatic rings. The summed E-state index contributed by atoms with van der Waals surface area (Å²) in [4.78, 5) is 7.27. The van der Waals surface area contributed by atoms with Crippen molar-refractivity contribution in [3.63, 3.8) is 0 Å². The lowest BCUT2D eigenvalue weighted by Gasteiger charge is -2.28. The van der Waals surface area contributed by atoms with Crippen LogP contribution in [-0.4, -0.2) is 16.4 Å². The lowest BCUT2D eigenvalue weighted by atomic mass is 10.00. The Bertz CT molecular complexity index is 779. The number of hydrogen-bond donors (Lipinski definition) is 0. The summed E-state index contributed by atoms with van der Waals surface area (Å²) in [5.41, 5.74) is 5.21. The third-order valence-electron chi connectivity index (χ3n) is 4.25. The van der Waals surface area contributed by atoms with E-state index in [2.05, 4.69) is 65.6 Å². The summed E-state index contributed by atoms with van der Waals surface area (Å²) >= 11 is 0. The minimum absolute atomic E-state index is 0.930. The number of para-hydroxylation sites is 1. The first kappa shape index (κ1) is 12.5. The molecule has 2 heteroatoms. The monoisotopic (exact) mass is 274 g/mol. The van der Waals surface area contributed by atoms with Gasteiger partial charge in [-0.1, -0.05) is 48.5 Å². The highest BCUT2D eigenvalue weighted by Crippen LogP contribution is 2.20. The van der Waals surface area contributed by atoms with Gasteiger partial charge >= 0.3 is 0 Å². The maximum atomic E-state index is 4.78. The molecule has 0 radical (unpaired) electrons. The standard InChI is InChI=1S/C19H18N2/c1-2-7-17-13-21(12-11-15(17)5-1)14-18-10-9-16-6-3-4-8-19(16)20-18/h1-10H,11-14H2. The van der Waals surface area contributed by atoms with Crippen LogP contribution >= 0.6 is 0 Å². The van der Waals surface area contributed by atoms with Crippen LogP contribution in [0.15, 0.2) is 60.7 Å². The number of hydrogen-bond acceptors (Lipinski definition) is 2. The summed E-state index contributed by atoms with van der Waals surface area (Å²) in [6, 6.07) is 21.4. The molecule has 0 saturated carbocycles. The largest absolute Gasteiger partial charge is 0.293 e. The van der Waals surface area contributed by atoms with E-state index in [4.69, 9.17) is 4.98 Å². The van der Waals surface area contributed by atoms with Gasteiger partial charge in [0.15, 0.2) is 0 Å². The second-order valence-corrected chi connectivity index (χ2v) is 5.72. The Hall–Kier alpha value is -2.19. The number of nitrogens with zero attached hydrogens (tertiary/aromatic N) is 2. The zero-order valence-corrected chi connectivity index (χ0v) is 12.0. The summed E-state index contributed by atoms with van der Waals surface area (Å²) < 4.78 is 0. The van der Waals surface area contributed by atoms with E-state index in [0.717, 1.165) is 37.3 Å². The molecule has 1 aliphatic heterocycles. The lowest BCUT2D eigenvalue weighted by Crippen LogP contribution is -2.30. The molecule has 2 aromatic carbocycles. The van der Waals surface area contributed by atoms with Crippen LogP contribution in [0.3, 0.4) is 0 Å². The molecule has 4 rings (SSSR count). The van der Waals surface area contributed by atoms with Gasteiger partial charge in [-0.05, 0) is 29.7 Å². The molecule has 2 nitrogen and oxygen atoms in total. The number of fused-ring (bicyclic) bond motifs is 2. The van der Waals surface area contributed by atoms with E-state index in [9.17, 15) is 0 Å². The highest BCUT2D eigenvalue weighted by Gasteiger charge is 2.16. The molecule has 0 N–H and O–H groups in total. The van der Waals surface area contributed by atoms with Crippen LogP contribution in [0.1, 0.15) is 16.8 Å². The number of benzene rings is 2. The molecule has 0 bridgehead atoms. The molecule has 0 aliphatic carbocycles. The molecule has 21 heavy (non-hydrogen) atoms. The number of rotatable bonds is 2. The van der Waals surface area contributed by atoms with Crippen LogP contribution in [0.2, 0.25) is 0 Å². The Morgan fingerprint density at radius 2 is 1.67 bits per heavy atom. The maximum absolute atomic E-state index is 4.78. The first-order valence-electron chi connectivity index (χ1n) is 7.52. The average Bonchev–Trinajstić information content (AvgIpc) is 2.55. The quantitative estimate of drug-likeness (QED) is 0.706. The molecule has 0 unspecified atom stereocenters. The molecular formula is C19H18N2. The minimum atomic E-state index is 0.930. The summed E-state index contributed by atoms with van der Waals surface area (Å²) in [6.45, 7) is 3.08. The van der Waals surface area contributed by atoms with E-state index < -0.39 is 0 Å². The molecule has 2 heterocycles. The minimum Gasteiger partial charge on any atom is -0.293 e. The fourth-order valence-electron chi connectivity index (χ4n) is 3.11. The van der Waals surface area contributed by atoms with Crippen LogP contribution in [-0.2, 0) is 19.5 Å². The molecule has 104 valence electrons. The van der Waals surface area contributed by atoms with Gasteiger partial charge < -0.3 is 0 Å². The van der Waals surface area contributed by atoms with Gasteiger partial charge in [-0.15, -0.1) is 0 Å². The van der Waals surface area contributed by atoms with E-state index in [-0.39, 0.29) is 0 Å². The number of aromatic nitrogens is 1. The number of pyridine rings is 1. The fraction of sp³-hybridized carbons (Fsp3) is 0.211. The van der Waals surface area contributed by atoms with E-state index >= 15 is 0 Å². The van der Waals surface area contributed by atoms with Crippen molar-refractivity contribution in [3.05, 3.63) is 77.5 Å². The predicted molar refractivity (Wildman–Crippen MR) is 86.0 cm³/mol. The van der Waals surface area contributed by atoms with E-state index in [1.165, 1.54) is 16.5 Å². The van der Waals surface area contributed by atoms with E-state index in [1.807, 2.05) is 0 Å². The maximum Gasteiger partial charge on any atom is 0.0705 e. The van der Waals surface area contributed by atoms with Gasteiger partial charge in [0.05, 0.1) is 11.2 Å². The molecule has 0 atom stereocenters. The van der Waals surface area contributed by atoms with Gasteiger partial charge in [-0.25, -0.2) is 0 Å². The predicted octanol–water partition coefficient (Wildman–Crippen LogP) is 3.79. The van der Waals surface area contributed by atoms with E-state index in [0.29, 0.717) is 0 Å². The molecule has 0 fully saturated rings. The average molecular weight is 274 g/mol. The SMILES string of the molecule is c1ccc2c(c1)CCN(Cc1ccc3ccccc3n1)C2. The van der Waals surface area contributed by atoms with E-state index in [1.54, 1.807) is 0 Å². The third-order valence-corrected chi connectivity index (χ3v) is 4.25. The first-order chi connectivity index (χ1) is 10.4. The Labute approximate surface area is 125 Å². The van der Waals surface area contributed by atoms with Crippen molar-refractivity contribution < 1.29 is 0 Å². The van der Waals surface area contributed by atoms with Crippen molar-refractivity contribution in [2.24, 2.45) is 0 Å². The van der Waals surface area contributed by atoms with Crippen LogP contribution in [0.25, 0.3) is 10.9 Å². The summed E-state index contributed by atoms with van der Waals surface area (Å²) in [7, 11) is 0. The van der Waals surface area contributed by atoms with Crippen molar-refractivity contribution >= 4 is 10.9 Å². The fourth-order valence-corrected chi connectivity index (χ4v) is 3.11. The highest BCUT2D eigenvalue weighted by atomic mass is 15.1. The highest BCUT2D eigenvalue weighted by molar-refractivity contribution is 5.78. The topological polar surface area (TPSA) is 16.1 Å². The van der Waals surface area contributed by atoms with Crippen LogP contribution in [0.4, 0.5) is 0 Å². The third kappa shape index (κ3) is 2.55. The smallest absolute Gasteiger partial charge is 0.0705 e. The summed E-state index contributed by atoms with van der Waals surface area (Å²) in [6.07, 6.45) is 1.14. The molecule has 0 spiro atoms. The van der Waals surface area contributed by atoms with Crippen LogP contribution in [0, 0.1) is 0 Å². The Kier molecular flexibility index (Phi) is 3.17. The van der Waals surface area contributed by atoms with Crippen molar-refractivity contribution in [1.82, 2.24) is 9.88 Å². The van der Waals surface area contributed by atoms with Gasteiger partial charge in [0.2, 0.25) is 0 Å². The second-order valence-electron chi connectivity index (χ2n) is 5.72. The van der Waals surface area contributed by atoms with Crippen LogP contribution < -0.4 is 0 Å². The van der Waals surface area contributed by atoms with Gasteiger partial charge in [-0.2, -0.15) is 0 Å². The lowest BCUT2D eigenvalue weighted by molar-refractivity contribution is 0.243. The van der Waals surface area contributed by atoms with Gasteiger partial charge in [0.25, 0.3) is 0 Å². The Balaban J connectivity index is 1.55. The summed E-state index contributed by atoms with van der Waals surface area (Å²) in [5.74, 6) is 0. The Morgan fingerprint density at radius 1 is 0.857 bits per heavy atom. The van der Waals surface area contributed by atoms with Crippen molar-refractivity contribution in [2.45, 2.75) is 19.5 Å². The molecule has 1 aromatic heterocycles. The zero-order chi connectivity index (χ0) is 14.1. The second kappa shape index (κ2) is 5.30. The van der Waals surface area contributed by atoms with Gasteiger partial charge in [-0.3, -0.25) is 9.88 Å². The summed E-state index contributed by atoms with van der Waals surface area (Å²) in [5, 5.41) is 1.21. The van der Waals surface area contributed by atoms with Crippen molar-refractivity contribution in [1.29, 1.82) is 0 Å². The van der Waals surface area contributed by atoms with Crippen LogP contribution in [0.5, 0.6) is 0 Å². The molecular weight excluding hydrogens is 256 g/mol.